The number of aromatic hydroxyl groups is 1. The minimum absolute atomic E-state index is 0.0544. The van der Waals surface area contributed by atoms with Crippen molar-refractivity contribution in [3.8, 4) is 11.5 Å². The van der Waals surface area contributed by atoms with Gasteiger partial charge >= 0.3 is 0 Å². The van der Waals surface area contributed by atoms with Crippen molar-refractivity contribution in [3.05, 3.63) is 52.8 Å². The average Bonchev–Trinajstić information content (AvgIpc) is 3.44. The van der Waals surface area contributed by atoms with Crippen LogP contribution in [0.2, 0.25) is 0 Å². The van der Waals surface area contributed by atoms with Gasteiger partial charge in [0.1, 0.15) is 0 Å². The molecule has 1 aliphatic heterocycles. The summed E-state index contributed by atoms with van der Waals surface area (Å²) in [6.45, 7) is 4.51. The van der Waals surface area contributed by atoms with E-state index in [1.54, 1.807) is 13.2 Å². The molecule has 1 amide bonds. The Balaban J connectivity index is 1.25. The molecule has 1 aromatic carbocycles. The lowest BCUT2D eigenvalue weighted by molar-refractivity contribution is 0.0920. The Hall–Kier alpha value is -2.60. The summed E-state index contributed by atoms with van der Waals surface area (Å²) >= 11 is 0. The Morgan fingerprint density at radius 1 is 1.15 bits per heavy atom. The Morgan fingerprint density at radius 3 is 2.67 bits per heavy atom. The number of phenolic OH excluding ortho intramolecular Hbond substituents is 1. The molecule has 6 nitrogen and oxygen atoms in total. The maximum absolute atomic E-state index is 13.3. The molecule has 3 atom stereocenters. The summed E-state index contributed by atoms with van der Waals surface area (Å²) in [6, 6.07) is 9.91. The number of aryl methyl sites for hydroxylation is 1. The Bertz CT molecular complexity index is 1020. The number of carbonyl (C=O) groups excluding carboxylic acids is 1. The minimum Gasteiger partial charge on any atom is -0.504 e. The summed E-state index contributed by atoms with van der Waals surface area (Å²) in [5.41, 5.74) is 3.56. The van der Waals surface area contributed by atoms with Crippen LogP contribution in [-0.4, -0.2) is 47.1 Å². The van der Waals surface area contributed by atoms with Crippen LogP contribution < -0.4 is 10.1 Å². The molecule has 3 fully saturated rings. The van der Waals surface area contributed by atoms with Gasteiger partial charge in [-0.05, 0) is 82.2 Å². The number of aromatic nitrogens is 1. The molecule has 3 aliphatic rings. The number of phenols is 1. The van der Waals surface area contributed by atoms with Gasteiger partial charge in [0.15, 0.2) is 11.5 Å². The van der Waals surface area contributed by atoms with Crippen molar-refractivity contribution in [3.63, 3.8) is 0 Å². The Kier molecular flexibility index (Phi) is 6.28. The number of nitrogens with one attached hydrogen (secondary N) is 1. The first-order valence-electron chi connectivity index (χ1n) is 12.4. The zero-order valence-corrected chi connectivity index (χ0v) is 19.7. The Morgan fingerprint density at radius 2 is 1.97 bits per heavy atom. The van der Waals surface area contributed by atoms with Gasteiger partial charge in [0.05, 0.1) is 18.4 Å². The zero-order chi connectivity index (χ0) is 22.9. The molecule has 176 valence electrons. The summed E-state index contributed by atoms with van der Waals surface area (Å²) in [5, 5.41) is 13.8. The van der Waals surface area contributed by atoms with E-state index < -0.39 is 0 Å². The second kappa shape index (κ2) is 9.34. The molecule has 2 aliphatic carbocycles. The maximum Gasteiger partial charge on any atom is 0.253 e. The number of para-hydroxylation sites is 1. The van der Waals surface area contributed by atoms with Gasteiger partial charge in [-0.15, -0.1) is 0 Å². The van der Waals surface area contributed by atoms with Crippen LogP contribution in [-0.2, 0) is 6.54 Å². The quantitative estimate of drug-likeness (QED) is 0.684. The molecule has 2 aromatic rings. The van der Waals surface area contributed by atoms with Crippen LogP contribution >= 0.6 is 0 Å². The molecule has 2 N–H and O–H groups in total. The highest BCUT2D eigenvalue weighted by Gasteiger charge is 2.40. The normalized spacial score (nSPS) is 25.3. The van der Waals surface area contributed by atoms with Crippen LogP contribution in [0.5, 0.6) is 11.5 Å². The van der Waals surface area contributed by atoms with Crippen LogP contribution in [0.3, 0.4) is 0 Å². The van der Waals surface area contributed by atoms with Crippen molar-refractivity contribution in [1.82, 2.24) is 15.2 Å². The number of ether oxygens (including phenoxy) is 1. The first-order chi connectivity index (χ1) is 16.0. The summed E-state index contributed by atoms with van der Waals surface area (Å²) in [6.07, 6.45) is 6.92. The molecule has 0 radical (unpaired) electrons. The number of carbonyl (C=O) groups is 1. The highest BCUT2D eigenvalue weighted by Crippen LogP contribution is 2.44. The number of piperidine rings is 1. The third-order valence-corrected chi connectivity index (χ3v) is 8.03. The third-order valence-electron chi connectivity index (χ3n) is 8.03. The first kappa shape index (κ1) is 22.2. The highest BCUT2D eigenvalue weighted by atomic mass is 16.5. The molecular weight excluding hydrogens is 414 g/mol. The van der Waals surface area contributed by atoms with Crippen molar-refractivity contribution in [1.29, 1.82) is 0 Å². The fourth-order valence-corrected chi connectivity index (χ4v) is 6.21. The molecule has 5 rings (SSSR count). The van der Waals surface area contributed by atoms with E-state index in [1.165, 1.54) is 19.3 Å². The van der Waals surface area contributed by atoms with E-state index in [9.17, 15) is 9.90 Å². The maximum atomic E-state index is 13.3. The number of hydrogen-bond donors (Lipinski definition) is 2. The van der Waals surface area contributed by atoms with E-state index in [0.29, 0.717) is 24.3 Å². The molecular formula is C27H35N3O3. The second-order valence-corrected chi connectivity index (χ2v) is 10.2. The third kappa shape index (κ3) is 4.58. The SMILES string of the molecule is COc1cccc(CN2CCC(c3nc(C)ccc3C(=O)NC3CC4CCC3C4)CC2)c1O. The second-order valence-electron chi connectivity index (χ2n) is 10.2. The van der Waals surface area contributed by atoms with Gasteiger partial charge < -0.3 is 15.2 Å². The zero-order valence-electron chi connectivity index (χ0n) is 19.7. The van der Waals surface area contributed by atoms with E-state index in [2.05, 4.69) is 10.2 Å². The Labute approximate surface area is 196 Å². The fraction of sp³-hybridized carbons (Fsp3) is 0.556. The van der Waals surface area contributed by atoms with Crippen molar-refractivity contribution in [2.75, 3.05) is 20.2 Å². The van der Waals surface area contributed by atoms with E-state index in [4.69, 9.17) is 9.72 Å². The van der Waals surface area contributed by atoms with Crippen molar-refractivity contribution in [2.24, 2.45) is 11.8 Å². The molecule has 6 heteroatoms. The summed E-state index contributed by atoms with van der Waals surface area (Å²) in [5.74, 6) is 2.54. The molecule has 2 heterocycles. The average molecular weight is 450 g/mol. The lowest BCUT2D eigenvalue weighted by Crippen LogP contribution is -2.39. The number of hydrogen-bond acceptors (Lipinski definition) is 5. The molecule has 1 saturated heterocycles. The lowest BCUT2D eigenvalue weighted by atomic mass is 9.89. The largest absolute Gasteiger partial charge is 0.504 e. The number of fused-ring (bicyclic) bond motifs is 2. The number of benzene rings is 1. The van der Waals surface area contributed by atoms with Gasteiger partial charge in [-0.2, -0.15) is 0 Å². The van der Waals surface area contributed by atoms with Crippen molar-refractivity contribution < 1.29 is 14.6 Å². The number of likely N-dealkylation sites (tertiary alicyclic amines) is 1. The monoisotopic (exact) mass is 449 g/mol. The van der Waals surface area contributed by atoms with E-state index in [-0.39, 0.29) is 17.6 Å². The van der Waals surface area contributed by atoms with Gasteiger partial charge in [0.25, 0.3) is 5.91 Å². The highest BCUT2D eigenvalue weighted by molar-refractivity contribution is 5.95. The fourth-order valence-electron chi connectivity index (χ4n) is 6.21. The van der Waals surface area contributed by atoms with Crippen LogP contribution in [0.1, 0.15) is 71.8 Å². The predicted octanol–water partition coefficient (Wildman–Crippen LogP) is 4.40. The first-order valence-corrected chi connectivity index (χ1v) is 12.4. The predicted molar refractivity (Wildman–Crippen MR) is 128 cm³/mol. The molecule has 3 unspecified atom stereocenters. The number of nitrogens with zero attached hydrogens (tertiary/aromatic N) is 2. The van der Waals surface area contributed by atoms with Gasteiger partial charge in [0.2, 0.25) is 0 Å². The molecule has 33 heavy (non-hydrogen) atoms. The molecule has 2 bridgehead atoms. The lowest BCUT2D eigenvalue weighted by Gasteiger charge is -2.33. The van der Waals surface area contributed by atoms with E-state index in [1.807, 2.05) is 31.2 Å². The summed E-state index contributed by atoms with van der Waals surface area (Å²) in [7, 11) is 1.57. The topological polar surface area (TPSA) is 74.7 Å². The van der Waals surface area contributed by atoms with Crippen molar-refractivity contribution in [2.45, 2.75) is 64.0 Å². The van der Waals surface area contributed by atoms with Crippen LogP contribution in [0.4, 0.5) is 0 Å². The van der Waals surface area contributed by atoms with E-state index in [0.717, 1.165) is 60.8 Å². The van der Waals surface area contributed by atoms with Gasteiger partial charge in [-0.25, -0.2) is 0 Å². The molecule has 1 aromatic heterocycles. The van der Waals surface area contributed by atoms with Crippen LogP contribution in [0.25, 0.3) is 0 Å². The number of amides is 1. The smallest absolute Gasteiger partial charge is 0.253 e. The molecule has 2 saturated carbocycles. The number of rotatable bonds is 6. The van der Waals surface area contributed by atoms with Crippen LogP contribution in [0, 0.1) is 18.8 Å². The standard InChI is InChI=1S/C27H35N3O3/c1-17-6-9-22(27(32)29-23-15-18-7-8-20(23)14-18)25(28-17)19-10-12-30(13-11-19)16-21-4-3-5-24(33-2)26(21)31/h3-6,9,18-20,23,31H,7-8,10-16H2,1-2H3,(H,29,32). The minimum atomic E-state index is 0.0544. The van der Waals surface area contributed by atoms with Gasteiger partial charge in [-0.3, -0.25) is 14.7 Å². The van der Waals surface area contributed by atoms with Gasteiger partial charge in [0, 0.05) is 29.8 Å². The van der Waals surface area contributed by atoms with Crippen molar-refractivity contribution >= 4 is 5.91 Å². The summed E-state index contributed by atoms with van der Waals surface area (Å²) in [4.78, 5) is 20.5. The van der Waals surface area contributed by atoms with E-state index >= 15 is 0 Å². The number of pyridine rings is 1. The van der Waals surface area contributed by atoms with Crippen LogP contribution in [0.15, 0.2) is 30.3 Å². The van der Waals surface area contributed by atoms with Gasteiger partial charge in [-0.1, -0.05) is 18.6 Å². The molecule has 0 spiro atoms. The summed E-state index contributed by atoms with van der Waals surface area (Å²) < 4.78 is 5.25. The number of methoxy groups -OCH3 is 1.